The molecule has 1 aliphatic rings. The van der Waals surface area contributed by atoms with E-state index in [-0.39, 0.29) is 4.90 Å². The van der Waals surface area contributed by atoms with Gasteiger partial charge in [-0.1, -0.05) is 35.4 Å². The fourth-order valence-electron chi connectivity index (χ4n) is 2.69. The van der Waals surface area contributed by atoms with Crippen LogP contribution in [0.3, 0.4) is 0 Å². The molecule has 5 nitrogen and oxygen atoms in total. The summed E-state index contributed by atoms with van der Waals surface area (Å²) in [6.45, 7) is 4.34. The van der Waals surface area contributed by atoms with Crippen molar-refractivity contribution in [3.63, 3.8) is 0 Å². The van der Waals surface area contributed by atoms with E-state index in [4.69, 9.17) is 0 Å². The summed E-state index contributed by atoms with van der Waals surface area (Å²) in [7, 11) is -3.87. The van der Waals surface area contributed by atoms with E-state index in [1.807, 2.05) is 32.0 Å². The van der Waals surface area contributed by atoms with E-state index in [0.29, 0.717) is 6.54 Å². The quantitative estimate of drug-likeness (QED) is 0.921. The third-order valence-electron chi connectivity index (χ3n) is 3.93. The zero-order chi connectivity index (χ0) is 16.6. The third kappa shape index (κ3) is 3.07. The van der Waals surface area contributed by atoms with Crippen molar-refractivity contribution < 1.29 is 13.2 Å². The van der Waals surface area contributed by atoms with Crippen molar-refractivity contribution in [2.45, 2.75) is 25.2 Å². The summed E-state index contributed by atoms with van der Waals surface area (Å²) in [5.41, 5.74) is 3.91. The first-order valence-corrected chi connectivity index (χ1v) is 8.86. The van der Waals surface area contributed by atoms with Crippen LogP contribution in [0.2, 0.25) is 0 Å². The molecule has 120 valence electrons. The topological polar surface area (TPSA) is 66.5 Å². The van der Waals surface area contributed by atoms with Crippen LogP contribution < -0.4 is 9.62 Å². The highest BCUT2D eigenvalue weighted by Gasteiger charge is 2.28. The van der Waals surface area contributed by atoms with Crippen LogP contribution in [0.15, 0.2) is 47.4 Å². The van der Waals surface area contributed by atoms with Crippen molar-refractivity contribution in [2.24, 2.45) is 0 Å². The molecule has 0 saturated carbocycles. The zero-order valence-corrected chi connectivity index (χ0v) is 13.9. The molecule has 2 aromatic carbocycles. The number of nitrogens with one attached hydrogen (secondary N) is 1. The second-order valence-corrected chi connectivity index (χ2v) is 7.44. The number of sulfonamides is 1. The number of amides is 2. The van der Waals surface area contributed by atoms with Crippen molar-refractivity contribution in [3.05, 3.63) is 59.2 Å². The van der Waals surface area contributed by atoms with Gasteiger partial charge in [-0.25, -0.2) is 17.9 Å². The molecule has 2 amide bonds. The maximum absolute atomic E-state index is 12.4. The number of nitrogens with zero attached hydrogens (tertiary/aromatic N) is 1. The van der Waals surface area contributed by atoms with Gasteiger partial charge in [0.15, 0.2) is 0 Å². The lowest BCUT2D eigenvalue weighted by Gasteiger charge is -2.18. The smallest absolute Gasteiger partial charge is 0.293 e. The number of rotatable bonds is 2. The van der Waals surface area contributed by atoms with E-state index in [1.54, 1.807) is 12.1 Å². The first kappa shape index (κ1) is 15.6. The lowest BCUT2D eigenvalue weighted by molar-refractivity contribution is 0.251. The predicted molar refractivity (Wildman–Crippen MR) is 89.1 cm³/mol. The number of urea groups is 1. The van der Waals surface area contributed by atoms with E-state index in [2.05, 4.69) is 4.72 Å². The van der Waals surface area contributed by atoms with Gasteiger partial charge in [0.25, 0.3) is 10.0 Å². The first-order valence-electron chi connectivity index (χ1n) is 7.37. The van der Waals surface area contributed by atoms with Crippen LogP contribution in [0.25, 0.3) is 0 Å². The van der Waals surface area contributed by atoms with Crippen LogP contribution in [0.4, 0.5) is 10.5 Å². The van der Waals surface area contributed by atoms with Crippen molar-refractivity contribution in [1.82, 2.24) is 4.72 Å². The highest BCUT2D eigenvalue weighted by molar-refractivity contribution is 7.90. The Balaban J connectivity index is 1.82. The fourth-order valence-corrected chi connectivity index (χ4v) is 3.64. The summed E-state index contributed by atoms with van der Waals surface area (Å²) in [6.07, 6.45) is 0.731. The predicted octanol–water partition coefficient (Wildman–Crippen LogP) is 2.76. The minimum absolute atomic E-state index is 0.0831. The zero-order valence-electron chi connectivity index (χ0n) is 13.0. The number of hydrogen-bond donors (Lipinski definition) is 1. The van der Waals surface area contributed by atoms with Crippen molar-refractivity contribution in [1.29, 1.82) is 0 Å². The summed E-state index contributed by atoms with van der Waals surface area (Å²) < 4.78 is 26.8. The van der Waals surface area contributed by atoms with E-state index < -0.39 is 16.1 Å². The number of benzene rings is 2. The lowest BCUT2D eigenvalue weighted by Crippen LogP contribution is -2.42. The first-order chi connectivity index (χ1) is 10.9. The van der Waals surface area contributed by atoms with Crippen LogP contribution in [0.1, 0.15) is 16.7 Å². The molecule has 0 bridgehead atoms. The summed E-state index contributed by atoms with van der Waals surface area (Å²) in [5.74, 6) is 0. The van der Waals surface area contributed by atoms with Gasteiger partial charge in [-0.05, 0) is 44.0 Å². The summed E-state index contributed by atoms with van der Waals surface area (Å²) in [4.78, 5) is 13.9. The maximum Gasteiger partial charge on any atom is 0.335 e. The third-order valence-corrected chi connectivity index (χ3v) is 5.26. The van der Waals surface area contributed by atoms with Gasteiger partial charge < -0.3 is 0 Å². The van der Waals surface area contributed by atoms with E-state index in [0.717, 1.165) is 28.8 Å². The monoisotopic (exact) mass is 330 g/mol. The Morgan fingerprint density at radius 1 is 1.04 bits per heavy atom. The van der Waals surface area contributed by atoms with Crippen LogP contribution in [-0.4, -0.2) is 21.0 Å². The molecular weight excluding hydrogens is 312 g/mol. The molecule has 0 atom stereocenters. The van der Waals surface area contributed by atoms with E-state index in [9.17, 15) is 13.2 Å². The molecule has 0 spiro atoms. The lowest BCUT2D eigenvalue weighted by atomic mass is 10.1. The number of anilines is 1. The highest BCUT2D eigenvalue weighted by atomic mass is 32.2. The molecule has 1 aliphatic heterocycles. The molecule has 1 N–H and O–H groups in total. The minimum atomic E-state index is -3.87. The summed E-state index contributed by atoms with van der Waals surface area (Å²) in [5, 5.41) is 0. The highest BCUT2D eigenvalue weighted by Crippen LogP contribution is 2.28. The minimum Gasteiger partial charge on any atom is -0.293 e. The Bertz CT molecular complexity index is 858. The van der Waals surface area contributed by atoms with Gasteiger partial charge in [0, 0.05) is 12.2 Å². The number of carbonyl (C=O) groups excluding carboxylic acids is 1. The van der Waals surface area contributed by atoms with Gasteiger partial charge >= 0.3 is 6.03 Å². The molecule has 6 heteroatoms. The molecular formula is C17H18N2O3S. The molecule has 0 aromatic heterocycles. The Morgan fingerprint density at radius 2 is 1.70 bits per heavy atom. The molecule has 0 saturated heterocycles. The number of aryl methyl sites for hydroxylation is 2. The Hall–Kier alpha value is -2.34. The van der Waals surface area contributed by atoms with Crippen LogP contribution in [-0.2, 0) is 16.4 Å². The van der Waals surface area contributed by atoms with Gasteiger partial charge in [-0.2, -0.15) is 0 Å². The maximum atomic E-state index is 12.4. The standard InChI is InChI=1S/C17H18N2O3S/c1-12-3-6-15(7-4-12)23(21,22)18-17(20)19-10-9-14-11-13(2)5-8-16(14)19/h3-8,11H,9-10H2,1-2H3,(H,18,20). The van der Waals surface area contributed by atoms with Crippen molar-refractivity contribution in [3.8, 4) is 0 Å². The fraction of sp³-hybridized carbons (Fsp3) is 0.235. The molecule has 0 unspecified atom stereocenters. The SMILES string of the molecule is Cc1ccc(S(=O)(=O)NC(=O)N2CCc3cc(C)ccc32)cc1. The largest absolute Gasteiger partial charge is 0.335 e. The van der Waals surface area contributed by atoms with Crippen LogP contribution in [0, 0.1) is 13.8 Å². The van der Waals surface area contributed by atoms with Crippen molar-refractivity contribution in [2.75, 3.05) is 11.4 Å². The summed E-state index contributed by atoms with van der Waals surface area (Å²) >= 11 is 0. The van der Waals surface area contributed by atoms with E-state index >= 15 is 0 Å². The second kappa shape index (κ2) is 5.70. The summed E-state index contributed by atoms with van der Waals surface area (Å²) in [6, 6.07) is 11.6. The second-order valence-electron chi connectivity index (χ2n) is 5.76. The Labute approximate surface area is 136 Å². The molecule has 0 radical (unpaired) electrons. The molecule has 0 fully saturated rings. The normalized spacial score (nSPS) is 13.7. The molecule has 1 heterocycles. The van der Waals surface area contributed by atoms with Gasteiger partial charge in [-0.15, -0.1) is 0 Å². The molecule has 3 rings (SSSR count). The Morgan fingerprint density at radius 3 is 2.39 bits per heavy atom. The molecule has 23 heavy (non-hydrogen) atoms. The number of carbonyl (C=O) groups is 1. The van der Waals surface area contributed by atoms with Gasteiger partial charge in [-0.3, -0.25) is 4.90 Å². The van der Waals surface area contributed by atoms with Crippen molar-refractivity contribution >= 4 is 21.7 Å². The van der Waals surface area contributed by atoms with Gasteiger partial charge in [0.2, 0.25) is 0 Å². The van der Waals surface area contributed by atoms with Crippen LogP contribution >= 0.6 is 0 Å². The average molecular weight is 330 g/mol. The molecule has 2 aromatic rings. The van der Waals surface area contributed by atoms with Gasteiger partial charge in [0.1, 0.15) is 0 Å². The number of fused-ring (bicyclic) bond motifs is 1. The van der Waals surface area contributed by atoms with E-state index in [1.165, 1.54) is 17.0 Å². The Kier molecular flexibility index (Phi) is 3.85. The molecule has 0 aliphatic carbocycles. The van der Waals surface area contributed by atoms with Crippen LogP contribution in [0.5, 0.6) is 0 Å². The number of hydrogen-bond acceptors (Lipinski definition) is 3. The van der Waals surface area contributed by atoms with Gasteiger partial charge in [0.05, 0.1) is 4.90 Å². The average Bonchev–Trinajstić information content (AvgIpc) is 2.90.